The second-order valence-corrected chi connectivity index (χ2v) is 8.75. The number of aryl methyl sites for hydroxylation is 2. The van der Waals surface area contributed by atoms with E-state index in [0.29, 0.717) is 12.3 Å². The van der Waals surface area contributed by atoms with Crippen molar-refractivity contribution in [1.82, 2.24) is 9.88 Å². The first-order valence-corrected chi connectivity index (χ1v) is 11.5. The van der Waals surface area contributed by atoms with E-state index in [4.69, 9.17) is 4.74 Å². The molecule has 1 aliphatic heterocycles. The fraction of sp³-hybridized carbons (Fsp3) is 0.370. The third-order valence-corrected chi connectivity index (χ3v) is 5.94. The zero-order valence-electron chi connectivity index (χ0n) is 19.7. The number of hydrogen-bond donors (Lipinski definition) is 0. The molecular formula is C27H32ClF2N3O. The van der Waals surface area contributed by atoms with Crippen LogP contribution < -0.4 is 9.64 Å². The van der Waals surface area contributed by atoms with Crippen LogP contribution in [0.5, 0.6) is 5.75 Å². The number of aromatic nitrogens is 1. The van der Waals surface area contributed by atoms with Crippen LogP contribution in [0.15, 0.2) is 60.7 Å². The Hall–Kier alpha value is -2.70. The lowest BCUT2D eigenvalue weighted by Gasteiger charge is -2.36. The number of rotatable bonds is 8. The number of halogens is 3. The molecule has 182 valence electrons. The Labute approximate surface area is 207 Å². The van der Waals surface area contributed by atoms with Gasteiger partial charge in [0.05, 0.1) is 0 Å². The second kappa shape index (κ2) is 12.1. The van der Waals surface area contributed by atoms with Crippen LogP contribution in [0.2, 0.25) is 0 Å². The molecule has 2 aromatic carbocycles. The van der Waals surface area contributed by atoms with Crippen LogP contribution in [0.3, 0.4) is 0 Å². The first-order chi connectivity index (χ1) is 15.9. The molecule has 0 amide bonds. The van der Waals surface area contributed by atoms with E-state index in [1.165, 1.54) is 23.4 Å². The fourth-order valence-electron chi connectivity index (χ4n) is 4.25. The molecule has 0 spiro atoms. The quantitative estimate of drug-likeness (QED) is 0.426. The van der Waals surface area contributed by atoms with E-state index in [0.717, 1.165) is 49.6 Å². The maximum Gasteiger partial charge on any atom is 0.147 e. The van der Waals surface area contributed by atoms with Crippen LogP contribution >= 0.6 is 12.4 Å². The van der Waals surface area contributed by atoms with Gasteiger partial charge in [0.15, 0.2) is 0 Å². The molecule has 7 heteroatoms. The second-order valence-electron chi connectivity index (χ2n) is 8.75. The van der Waals surface area contributed by atoms with Crippen LogP contribution in [0, 0.1) is 19.7 Å². The zero-order chi connectivity index (χ0) is 23.2. The van der Waals surface area contributed by atoms with Gasteiger partial charge in [-0.05, 0) is 55.7 Å². The summed E-state index contributed by atoms with van der Waals surface area (Å²) in [6.07, 6.45) is -0.247. The largest absolute Gasteiger partial charge is 0.490 e. The lowest BCUT2D eigenvalue weighted by atomic mass is 10.0. The predicted octanol–water partition coefficient (Wildman–Crippen LogP) is 5.39. The third-order valence-electron chi connectivity index (χ3n) is 5.94. The summed E-state index contributed by atoms with van der Waals surface area (Å²) in [4.78, 5) is 8.82. The van der Waals surface area contributed by atoms with E-state index in [-0.39, 0.29) is 24.8 Å². The smallest absolute Gasteiger partial charge is 0.147 e. The highest BCUT2D eigenvalue weighted by Crippen LogP contribution is 2.20. The fourth-order valence-corrected chi connectivity index (χ4v) is 4.25. The molecule has 0 radical (unpaired) electrons. The third kappa shape index (κ3) is 7.40. The normalized spacial score (nSPS) is 15.0. The highest BCUT2D eigenvalue weighted by atomic mass is 35.5. The molecule has 1 fully saturated rings. The van der Waals surface area contributed by atoms with Crippen molar-refractivity contribution in [1.29, 1.82) is 0 Å². The zero-order valence-corrected chi connectivity index (χ0v) is 20.5. The van der Waals surface area contributed by atoms with Crippen molar-refractivity contribution in [3.05, 3.63) is 89.0 Å². The van der Waals surface area contributed by atoms with Crippen LogP contribution in [0.1, 0.15) is 22.5 Å². The Morgan fingerprint density at radius 1 is 0.882 bits per heavy atom. The maximum atomic E-state index is 14.5. The van der Waals surface area contributed by atoms with Crippen LogP contribution in [0.25, 0.3) is 0 Å². The minimum atomic E-state index is -1.03. The maximum absolute atomic E-state index is 14.5. The number of ether oxygens (including phenoxy) is 1. The molecule has 1 aromatic heterocycles. The first kappa shape index (κ1) is 25.9. The first-order valence-electron chi connectivity index (χ1n) is 11.5. The van der Waals surface area contributed by atoms with Crippen molar-refractivity contribution in [2.24, 2.45) is 0 Å². The summed E-state index contributed by atoms with van der Waals surface area (Å²) in [5, 5.41) is 0. The van der Waals surface area contributed by atoms with Crippen molar-refractivity contribution < 1.29 is 13.5 Å². The van der Waals surface area contributed by atoms with Gasteiger partial charge in [0.1, 0.15) is 24.3 Å². The van der Waals surface area contributed by atoms with E-state index in [2.05, 4.69) is 39.0 Å². The van der Waals surface area contributed by atoms with Gasteiger partial charge < -0.3 is 9.64 Å². The Morgan fingerprint density at radius 2 is 1.44 bits per heavy atom. The van der Waals surface area contributed by atoms with Crippen molar-refractivity contribution >= 4 is 18.1 Å². The molecule has 0 saturated carbocycles. The van der Waals surface area contributed by atoms with Gasteiger partial charge in [-0.15, -0.1) is 12.4 Å². The van der Waals surface area contributed by atoms with Crippen LogP contribution in [-0.2, 0) is 6.42 Å². The Bertz CT molecular complexity index is 1020. The van der Waals surface area contributed by atoms with Gasteiger partial charge >= 0.3 is 0 Å². The molecule has 0 N–H and O–H groups in total. The minimum absolute atomic E-state index is 0. The number of alkyl halides is 1. The SMILES string of the molecule is Cc1cc(OC[C@H](F)CN2CCN(c3ccc(Cc4ccc(F)cc4)cc3)CC2)cc(C)n1.Cl. The summed E-state index contributed by atoms with van der Waals surface area (Å²) < 4.78 is 33.3. The molecular weight excluding hydrogens is 456 g/mol. The molecule has 0 unspecified atom stereocenters. The van der Waals surface area contributed by atoms with E-state index < -0.39 is 6.17 Å². The number of hydrogen-bond acceptors (Lipinski definition) is 4. The summed E-state index contributed by atoms with van der Waals surface area (Å²) in [5.74, 6) is 0.467. The Kier molecular flexibility index (Phi) is 9.25. The Morgan fingerprint density at radius 3 is 2.03 bits per heavy atom. The number of benzene rings is 2. The molecule has 3 aromatic rings. The van der Waals surface area contributed by atoms with Gasteiger partial charge in [-0.2, -0.15) is 0 Å². The van der Waals surface area contributed by atoms with Crippen molar-refractivity contribution in [3.63, 3.8) is 0 Å². The van der Waals surface area contributed by atoms with E-state index in [9.17, 15) is 8.78 Å². The van der Waals surface area contributed by atoms with E-state index in [1.54, 1.807) is 0 Å². The monoisotopic (exact) mass is 487 g/mol. The van der Waals surface area contributed by atoms with Gasteiger partial charge in [-0.1, -0.05) is 24.3 Å². The molecule has 0 aliphatic carbocycles. The van der Waals surface area contributed by atoms with Gasteiger partial charge in [-0.25, -0.2) is 8.78 Å². The number of anilines is 1. The standard InChI is InChI=1S/C27H31F2N3O.ClH/c1-20-15-27(16-21(2)30-20)33-19-25(29)18-31-11-13-32(14-12-31)26-9-5-23(6-10-26)17-22-3-7-24(28)8-4-22;/h3-10,15-16,25H,11-14,17-19H2,1-2H3;1H/t25-;/m1./s1. The molecule has 4 nitrogen and oxygen atoms in total. The number of pyridine rings is 1. The topological polar surface area (TPSA) is 28.6 Å². The summed E-state index contributed by atoms with van der Waals surface area (Å²) in [5.41, 5.74) is 5.22. The van der Waals surface area contributed by atoms with Crippen LogP contribution in [0.4, 0.5) is 14.5 Å². The van der Waals surface area contributed by atoms with Crippen LogP contribution in [-0.4, -0.2) is 55.4 Å². The molecule has 1 atom stereocenters. The number of piperazine rings is 1. The average molecular weight is 488 g/mol. The predicted molar refractivity (Wildman–Crippen MR) is 136 cm³/mol. The Balaban J connectivity index is 0.00000324. The highest BCUT2D eigenvalue weighted by Gasteiger charge is 2.20. The summed E-state index contributed by atoms with van der Waals surface area (Å²) >= 11 is 0. The lowest BCUT2D eigenvalue weighted by Crippen LogP contribution is -2.48. The summed E-state index contributed by atoms with van der Waals surface area (Å²) in [6, 6.07) is 18.8. The van der Waals surface area contributed by atoms with Gasteiger partial charge in [0, 0.05) is 61.9 Å². The molecule has 0 bridgehead atoms. The van der Waals surface area contributed by atoms with Crippen molar-refractivity contribution in [3.8, 4) is 5.75 Å². The molecule has 1 saturated heterocycles. The summed E-state index contributed by atoms with van der Waals surface area (Å²) in [7, 11) is 0. The minimum Gasteiger partial charge on any atom is -0.490 e. The lowest BCUT2D eigenvalue weighted by molar-refractivity contribution is 0.133. The van der Waals surface area contributed by atoms with Gasteiger partial charge in [0.2, 0.25) is 0 Å². The molecule has 1 aliphatic rings. The van der Waals surface area contributed by atoms with Gasteiger partial charge in [0.25, 0.3) is 0 Å². The van der Waals surface area contributed by atoms with E-state index >= 15 is 0 Å². The summed E-state index contributed by atoms with van der Waals surface area (Å²) in [6.45, 7) is 7.64. The molecule has 4 rings (SSSR count). The van der Waals surface area contributed by atoms with Crippen molar-refractivity contribution in [2.75, 3.05) is 44.2 Å². The van der Waals surface area contributed by atoms with Gasteiger partial charge in [-0.3, -0.25) is 9.88 Å². The number of nitrogens with zero attached hydrogens (tertiary/aromatic N) is 3. The highest BCUT2D eigenvalue weighted by molar-refractivity contribution is 5.85. The average Bonchev–Trinajstić information content (AvgIpc) is 2.80. The van der Waals surface area contributed by atoms with E-state index in [1.807, 2.05) is 38.1 Å². The molecule has 34 heavy (non-hydrogen) atoms. The van der Waals surface area contributed by atoms with Crippen molar-refractivity contribution in [2.45, 2.75) is 26.4 Å². The molecule has 2 heterocycles.